The van der Waals surface area contributed by atoms with E-state index in [0.29, 0.717) is 40.4 Å². The zero-order valence-electron chi connectivity index (χ0n) is 26.0. The topological polar surface area (TPSA) is 135 Å². The summed E-state index contributed by atoms with van der Waals surface area (Å²) in [6.07, 6.45) is 0.814. The molecule has 246 valence electrons. The van der Waals surface area contributed by atoms with Crippen LogP contribution >= 0.6 is 11.3 Å². The highest BCUT2D eigenvalue weighted by Crippen LogP contribution is 2.44. The molecule has 0 bridgehead atoms. The van der Waals surface area contributed by atoms with Gasteiger partial charge in [-0.05, 0) is 49.2 Å². The maximum atomic E-state index is 15.5. The van der Waals surface area contributed by atoms with Crippen LogP contribution in [0.4, 0.5) is 24.0 Å². The molecule has 1 amide bonds. The number of hydrogen-bond donors (Lipinski definition) is 1. The van der Waals surface area contributed by atoms with Gasteiger partial charge in [-0.1, -0.05) is 12.6 Å². The first-order valence-corrected chi connectivity index (χ1v) is 16.4. The molecule has 4 atom stereocenters. The van der Waals surface area contributed by atoms with Crippen LogP contribution in [0.25, 0.3) is 32.1 Å². The van der Waals surface area contributed by atoms with Crippen LogP contribution in [-0.2, 0) is 4.79 Å². The quantitative estimate of drug-likeness (QED) is 0.266. The zero-order chi connectivity index (χ0) is 33.9. The summed E-state index contributed by atoms with van der Waals surface area (Å²) in [6, 6.07) is 9.45. The van der Waals surface area contributed by atoms with Crippen LogP contribution < -0.4 is 15.4 Å². The Bertz CT molecular complexity index is 2080. The monoisotopic (exact) mass is 672 g/mol. The first kappa shape index (κ1) is 31.7. The molecule has 0 aliphatic carbocycles. The number of anilines is 2. The maximum Gasteiger partial charge on any atom is 0.319 e. The minimum atomic E-state index is -1.41. The SMILES string of the molecule is C=CC(=O)N1C[C@@H](F)[C@@H](N(C)c2nc(OC[C@@]34CCCN3C[C@H](F)C4)nc3cc(-c4ccc(F)c5sc(N)c(C#N)c45)c(C#N)cc23)C1. The standard InChI is InChI=1S/C34H31F3N8O2S/c1-3-28(46)44-15-25(37)27(16-44)43(2)32-22-9-18(12-38)21(20-5-6-24(36)30-29(20)23(13-39)31(40)48-30)10-26(22)41-33(42-32)47-17-34-7-4-8-45(34)14-19(35)11-34/h3,5-6,9-10,19,25,27H,1,4,7-8,11,14-17,40H2,2H3/t19-,25-,27+,34+/m1/s1. The third kappa shape index (κ3) is 5.07. The number of likely N-dealkylation sites (tertiary alicyclic amines) is 1. The lowest BCUT2D eigenvalue weighted by atomic mass is 9.94. The van der Waals surface area contributed by atoms with Crippen LogP contribution in [0.3, 0.4) is 0 Å². The molecule has 2 N–H and O–H groups in total. The lowest BCUT2D eigenvalue weighted by Gasteiger charge is -2.31. The van der Waals surface area contributed by atoms with Crippen LogP contribution in [0.15, 0.2) is 36.9 Å². The first-order chi connectivity index (χ1) is 23.1. The number of aromatic nitrogens is 2. The third-order valence-electron chi connectivity index (χ3n) is 9.90. The van der Waals surface area contributed by atoms with Crippen molar-refractivity contribution in [2.45, 2.75) is 43.2 Å². The summed E-state index contributed by atoms with van der Waals surface area (Å²) in [5.74, 6) is -0.658. The van der Waals surface area contributed by atoms with Gasteiger partial charge in [-0.25, -0.2) is 13.2 Å². The van der Waals surface area contributed by atoms with Crippen molar-refractivity contribution in [1.29, 1.82) is 10.5 Å². The van der Waals surface area contributed by atoms with Crippen LogP contribution in [0.2, 0.25) is 0 Å². The molecule has 5 heterocycles. The average Bonchev–Trinajstić information content (AvgIpc) is 3.82. The number of fused-ring (bicyclic) bond motifs is 3. The summed E-state index contributed by atoms with van der Waals surface area (Å²) in [6.45, 7) is 4.75. The smallest absolute Gasteiger partial charge is 0.319 e. The number of nitriles is 2. The molecule has 2 aromatic heterocycles. The van der Waals surface area contributed by atoms with E-state index in [2.05, 4.69) is 23.6 Å². The fourth-order valence-electron chi connectivity index (χ4n) is 7.54. The number of rotatable bonds is 7. The molecular weight excluding hydrogens is 641 g/mol. The van der Waals surface area contributed by atoms with Crippen molar-refractivity contribution in [1.82, 2.24) is 19.8 Å². The number of nitrogens with two attached hydrogens (primary N) is 1. The number of carbonyl (C=O) groups is 1. The van der Waals surface area contributed by atoms with Gasteiger partial charge >= 0.3 is 6.01 Å². The van der Waals surface area contributed by atoms with Gasteiger partial charge in [0.1, 0.15) is 41.7 Å². The molecule has 0 unspecified atom stereocenters. The van der Waals surface area contributed by atoms with Gasteiger partial charge < -0.3 is 20.3 Å². The molecule has 3 aliphatic heterocycles. The van der Waals surface area contributed by atoms with Gasteiger partial charge in [-0.3, -0.25) is 9.69 Å². The molecule has 14 heteroatoms. The van der Waals surface area contributed by atoms with Gasteiger partial charge in [0.25, 0.3) is 0 Å². The van der Waals surface area contributed by atoms with E-state index in [4.69, 9.17) is 20.4 Å². The van der Waals surface area contributed by atoms with E-state index in [9.17, 15) is 24.1 Å². The number of alkyl halides is 2. The minimum Gasteiger partial charge on any atom is -0.461 e. The molecule has 0 radical (unpaired) electrons. The lowest BCUT2D eigenvalue weighted by molar-refractivity contribution is -0.125. The number of nitrogens with zero attached hydrogens (tertiary/aromatic N) is 7. The lowest BCUT2D eigenvalue weighted by Crippen LogP contribution is -2.43. The normalized spacial score (nSPS) is 23.7. The number of amides is 1. The van der Waals surface area contributed by atoms with Crippen LogP contribution in [0, 0.1) is 28.5 Å². The molecule has 10 nitrogen and oxygen atoms in total. The Morgan fingerprint density at radius 1 is 1.23 bits per heavy atom. The van der Waals surface area contributed by atoms with Gasteiger partial charge in [0.2, 0.25) is 5.91 Å². The van der Waals surface area contributed by atoms with E-state index >= 15 is 4.39 Å². The highest BCUT2D eigenvalue weighted by atomic mass is 32.1. The van der Waals surface area contributed by atoms with E-state index < -0.39 is 29.7 Å². The van der Waals surface area contributed by atoms with Crippen LogP contribution in [-0.4, -0.2) is 89.4 Å². The van der Waals surface area contributed by atoms with Crippen molar-refractivity contribution in [3.8, 4) is 29.3 Å². The molecule has 4 aromatic rings. The van der Waals surface area contributed by atoms with Crippen molar-refractivity contribution < 1.29 is 22.7 Å². The molecule has 48 heavy (non-hydrogen) atoms. The van der Waals surface area contributed by atoms with E-state index in [0.717, 1.165) is 36.8 Å². The molecule has 0 spiro atoms. The summed E-state index contributed by atoms with van der Waals surface area (Å²) in [7, 11) is 1.66. The number of carbonyl (C=O) groups excluding carboxylic acids is 1. The Morgan fingerprint density at radius 3 is 2.79 bits per heavy atom. The molecule has 3 aliphatic rings. The Kier molecular flexibility index (Phi) is 7.89. The second kappa shape index (κ2) is 12.0. The fourth-order valence-corrected chi connectivity index (χ4v) is 8.49. The molecule has 3 fully saturated rings. The Labute approximate surface area is 278 Å². The Balaban J connectivity index is 1.38. The van der Waals surface area contributed by atoms with Crippen LogP contribution in [0.5, 0.6) is 6.01 Å². The number of likely N-dealkylation sites (N-methyl/N-ethyl adjacent to an activating group) is 1. The summed E-state index contributed by atoms with van der Waals surface area (Å²) >= 11 is 0.953. The second-order valence-corrected chi connectivity index (χ2v) is 13.7. The van der Waals surface area contributed by atoms with E-state index in [1.807, 2.05) is 0 Å². The number of benzene rings is 2. The predicted octanol–water partition coefficient (Wildman–Crippen LogP) is 5.10. The number of hydrogen-bond acceptors (Lipinski definition) is 10. The van der Waals surface area contributed by atoms with Crippen molar-refractivity contribution in [2.75, 3.05) is 50.5 Å². The number of thiophene rings is 1. The largest absolute Gasteiger partial charge is 0.461 e. The summed E-state index contributed by atoms with van der Waals surface area (Å²) in [5.41, 5.74) is 7.05. The van der Waals surface area contributed by atoms with Gasteiger partial charge in [-0.15, -0.1) is 11.3 Å². The van der Waals surface area contributed by atoms with Crippen molar-refractivity contribution in [2.24, 2.45) is 0 Å². The molecular formula is C34H31F3N8O2S. The third-order valence-corrected chi connectivity index (χ3v) is 10.9. The van der Waals surface area contributed by atoms with Crippen molar-refractivity contribution >= 4 is 49.1 Å². The average molecular weight is 673 g/mol. The van der Waals surface area contributed by atoms with E-state index in [1.54, 1.807) is 24.1 Å². The molecule has 0 saturated carbocycles. The number of ether oxygens (including phenoxy) is 1. The second-order valence-electron chi connectivity index (χ2n) is 12.6. The molecule has 3 saturated heterocycles. The van der Waals surface area contributed by atoms with E-state index in [-0.39, 0.29) is 58.3 Å². The van der Waals surface area contributed by atoms with Gasteiger partial charge in [0, 0.05) is 42.9 Å². The highest BCUT2D eigenvalue weighted by molar-refractivity contribution is 7.23. The highest BCUT2D eigenvalue weighted by Gasteiger charge is 2.49. The summed E-state index contributed by atoms with van der Waals surface area (Å²) in [4.78, 5) is 26.8. The Hall–Kier alpha value is -4.92. The van der Waals surface area contributed by atoms with Gasteiger partial charge in [-0.2, -0.15) is 20.5 Å². The van der Waals surface area contributed by atoms with Crippen molar-refractivity contribution in [3.05, 3.63) is 53.9 Å². The summed E-state index contributed by atoms with van der Waals surface area (Å²) < 4.78 is 51.3. The van der Waals surface area contributed by atoms with Crippen LogP contribution in [0.1, 0.15) is 30.4 Å². The predicted molar refractivity (Wildman–Crippen MR) is 177 cm³/mol. The number of halogens is 3. The fraction of sp³-hybridized carbons (Fsp3) is 0.382. The van der Waals surface area contributed by atoms with E-state index in [1.165, 1.54) is 17.0 Å². The number of nitrogen functional groups attached to an aromatic ring is 1. The first-order valence-electron chi connectivity index (χ1n) is 15.5. The molecule has 7 rings (SSSR count). The Morgan fingerprint density at radius 2 is 2.04 bits per heavy atom. The van der Waals surface area contributed by atoms with Gasteiger partial charge in [0.15, 0.2) is 0 Å². The maximum absolute atomic E-state index is 15.5. The summed E-state index contributed by atoms with van der Waals surface area (Å²) in [5, 5.41) is 21.1. The van der Waals surface area contributed by atoms with Crippen molar-refractivity contribution in [3.63, 3.8) is 0 Å². The minimum absolute atomic E-state index is 0.0160. The zero-order valence-corrected chi connectivity index (χ0v) is 26.9. The molecule has 2 aromatic carbocycles. The van der Waals surface area contributed by atoms with Gasteiger partial charge in [0.05, 0.1) is 45.5 Å².